The van der Waals surface area contributed by atoms with Gasteiger partial charge in [-0.05, 0) is 30.5 Å². The van der Waals surface area contributed by atoms with Gasteiger partial charge in [-0.2, -0.15) is 0 Å². The molecule has 1 aliphatic heterocycles. The zero-order valence-corrected chi connectivity index (χ0v) is 12.3. The molecule has 6 heteroatoms. The van der Waals surface area contributed by atoms with Crippen LogP contribution in [0.5, 0.6) is 5.75 Å². The van der Waals surface area contributed by atoms with Gasteiger partial charge in [0.2, 0.25) is 0 Å². The van der Waals surface area contributed by atoms with Crippen LogP contribution >= 0.6 is 11.8 Å². The molecular weight excluding hydrogens is 286 g/mol. The molecule has 1 amide bonds. The number of anilines is 4. The first-order valence-corrected chi connectivity index (χ1v) is 7.65. The number of carbonyl (C=O) groups is 1. The normalized spacial score (nSPS) is 13.1. The van der Waals surface area contributed by atoms with E-state index in [9.17, 15) is 4.79 Å². The standard InChI is InChI=1S/C15H15N3O2S/c1-21-10-4-2-3-9(5-10)17-12-7-13-14(6-11(12)16)20-8-15(19)18-13/h2-7,17H,8,16H2,1H3,(H,18,19). The topological polar surface area (TPSA) is 76.4 Å². The van der Waals surface area contributed by atoms with Crippen molar-refractivity contribution in [1.29, 1.82) is 0 Å². The zero-order valence-electron chi connectivity index (χ0n) is 11.5. The van der Waals surface area contributed by atoms with Crippen LogP contribution in [0.15, 0.2) is 41.3 Å². The summed E-state index contributed by atoms with van der Waals surface area (Å²) >= 11 is 1.67. The third-order valence-corrected chi connectivity index (χ3v) is 3.86. The Labute approximate surface area is 126 Å². The second-order valence-corrected chi connectivity index (χ2v) is 5.51. The van der Waals surface area contributed by atoms with Crippen molar-refractivity contribution in [2.24, 2.45) is 0 Å². The van der Waals surface area contributed by atoms with Crippen LogP contribution in [0.1, 0.15) is 0 Å². The highest BCUT2D eigenvalue weighted by molar-refractivity contribution is 7.98. The van der Waals surface area contributed by atoms with E-state index in [-0.39, 0.29) is 12.5 Å². The number of fused-ring (bicyclic) bond motifs is 1. The molecule has 0 saturated heterocycles. The van der Waals surface area contributed by atoms with Gasteiger partial charge < -0.3 is 21.1 Å². The summed E-state index contributed by atoms with van der Waals surface area (Å²) in [5.74, 6) is 0.429. The van der Waals surface area contributed by atoms with Crippen LogP contribution in [0, 0.1) is 0 Å². The number of ether oxygens (including phenoxy) is 1. The fraction of sp³-hybridized carbons (Fsp3) is 0.133. The highest BCUT2D eigenvalue weighted by Gasteiger charge is 2.17. The average Bonchev–Trinajstić information content (AvgIpc) is 2.49. The lowest BCUT2D eigenvalue weighted by Gasteiger charge is -2.20. The number of nitrogen functional groups attached to an aromatic ring is 1. The first-order valence-electron chi connectivity index (χ1n) is 6.43. The van der Waals surface area contributed by atoms with Crippen molar-refractivity contribution in [2.75, 3.05) is 29.2 Å². The van der Waals surface area contributed by atoms with Crippen molar-refractivity contribution in [2.45, 2.75) is 4.90 Å². The minimum Gasteiger partial charge on any atom is -0.482 e. The predicted molar refractivity (Wildman–Crippen MR) is 86.5 cm³/mol. The largest absolute Gasteiger partial charge is 0.482 e. The van der Waals surface area contributed by atoms with E-state index in [1.807, 2.05) is 30.5 Å². The number of rotatable bonds is 3. The molecule has 3 rings (SSSR count). The SMILES string of the molecule is CSc1cccc(Nc2cc3c(cc2N)OCC(=O)N3)c1. The van der Waals surface area contributed by atoms with Crippen molar-refractivity contribution in [3.63, 3.8) is 0 Å². The van der Waals surface area contributed by atoms with Crippen LogP contribution < -0.4 is 21.1 Å². The summed E-state index contributed by atoms with van der Waals surface area (Å²) in [4.78, 5) is 12.5. The molecular formula is C15H15N3O2S. The Balaban J connectivity index is 1.91. The maximum absolute atomic E-state index is 11.4. The van der Waals surface area contributed by atoms with Crippen molar-refractivity contribution >= 4 is 40.4 Å². The summed E-state index contributed by atoms with van der Waals surface area (Å²) in [7, 11) is 0. The highest BCUT2D eigenvalue weighted by atomic mass is 32.2. The van der Waals surface area contributed by atoms with E-state index in [1.54, 1.807) is 23.9 Å². The van der Waals surface area contributed by atoms with E-state index >= 15 is 0 Å². The van der Waals surface area contributed by atoms with Gasteiger partial charge in [0.1, 0.15) is 5.75 Å². The Morgan fingerprint density at radius 2 is 2.19 bits per heavy atom. The molecule has 0 aliphatic carbocycles. The average molecular weight is 301 g/mol. The monoisotopic (exact) mass is 301 g/mol. The number of benzene rings is 2. The maximum Gasteiger partial charge on any atom is 0.262 e. The molecule has 21 heavy (non-hydrogen) atoms. The Kier molecular flexibility index (Phi) is 3.62. The fourth-order valence-corrected chi connectivity index (χ4v) is 2.57. The van der Waals surface area contributed by atoms with Gasteiger partial charge in [0.15, 0.2) is 6.61 Å². The quantitative estimate of drug-likeness (QED) is 0.600. The first-order chi connectivity index (χ1) is 10.2. The third kappa shape index (κ3) is 2.90. The van der Waals surface area contributed by atoms with Gasteiger partial charge in [-0.25, -0.2) is 0 Å². The molecule has 0 unspecified atom stereocenters. The lowest BCUT2D eigenvalue weighted by atomic mass is 10.2. The van der Waals surface area contributed by atoms with Gasteiger partial charge in [0.05, 0.1) is 17.1 Å². The summed E-state index contributed by atoms with van der Waals surface area (Å²) in [6.45, 7) is 0.0228. The van der Waals surface area contributed by atoms with E-state index in [1.165, 1.54) is 0 Å². The third-order valence-electron chi connectivity index (χ3n) is 3.13. The number of nitrogens with one attached hydrogen (secondary N) is 2. The van der Waals surface area contributed by atoms with Crippen LogP contribution in [0.4, 0.5) is 22.7 Å². The Morgan fingerprint density at radius 1 is 1.33 bits per heavy atom. The van der Waals surface area contributed by atoms with Crippen molar-refractivity contribution < 1.29 is 9.53 Å². The lowest BCUT2D eigenvalue weighted by Crippen LogP contribution is -2.25. The van der Waals surface area contributed by atoms with E-state index in [0.29, 0.717) is 17.1 Å². The molecule has 0 radical (unpaired) electrons. The number of thioether (sulfide) groups is 1. The van der Waals surface area contributed by atoms with Crippen molar-refractivity contribution in [3.8, 4) is 5.75 Å². The lowest BCUT2D eigenvalue weighted by molar-refractivity contribution is -0.118. The summed E-state index contributed by atoms with van der Waals surface area (Å²) < 4.78 is 5.34. The Hall–Kier alpha value is -2.34. The van der Waals surface area contributed by atoms with Crippen molar-refractivity contribution in [1.82, 2.24) is 0 Å². The van der Waals surface area contributed by atoms with Crippen molar-refractivity contribution in [3.05, 3.63) is 36.4 Å². The fourth-order valence-electron chi connectivity index (χ4n) is 2.11. The Bertz CT molecular complexity index is 703. The van der Waals surface area contributed by atoms with Crippen LogP contribution in [-0.4, -0.2) is 18.8 Å². The van der Waals surface area contributed by atoms with E-state index < -0.39 is 0 Å². The zero-order chi connectivity index (χ0) is 14.8. The molecule has 0 atom stereocenters. The summed E-state index contributed by atoms with van der Waals surface area (Å²) in [6, 6.07) is 11.5. The molecule has 2 aromatic carbocycles. The van der Waals surface area contributed by atoms with Gasteiger partial charge in [0.25, 0.3) is 5.91 Å². The van der Waals surface area contributed by atoms with Gasteiger partial charge >= 0.3 is 0 Å². The molecule has 108 valence electrons. The van der Waals surface area contributed by atoms with Crippen LogP contribution in [-0.2, 0) is 4.79 Å². The first kappa shape index (κ1) is 13.6. The summed E-state index contributed by atoms with van der Waals surface area (Å²) in [5.41, 5.74) is 8.91. The second-order valence-electron chi connectivity index (χ2n) is 4.63. The molecule has 0 saturated carbocycles. The second kappa shape index (κ2) is 5.57. The molecule has 4 N–H and O–H groups in total. The van der Waals surface area contributed by atoms with Gasteiger partial charge in [-0.15, -0.1) is 11.8 Å². The number of nitrogens with two attached hydrogens (primary N) is 1. The smallest absolute Gasteiger partial charge is 0.262 e. The summed E-state index contributed by atoms with van der Waals surface area (Å²) in [5, 5.41) is 6.04. The number of hydrogen-bond donors (Lipinski definition) is 3. The van der Waals surface area contributed by atoms with Gasteiger partial charge in [-0.3, -0.25) is 4.79 Å². The molecule has 1 aliphatic rings. The maximum atomic E-state index is 11.4. The number of hydrogen-bond acceptors (Lipinski definition) is 5. The van der Waals surface area contributed by atoms with Gasteiger partial charge in [0, 0.05) is 16.6 Å². The van der Waals surface area contributed by atoms with Crippen LogP contribution in [0.2, 0.25) is 0 Å². The molecule has 0 aromatic heterocycles. The van der Waals surface area contributed by atoms with Gasteiger partial charge in [-0.1, -0.05) is 6.07 Å². The van der Waals surface area contributed by atoms with E-state index in [2.05, 4.69) is 10.6 Å². The molecule has 0 spiro atoms. The molecule has 1 heterocycles. The minimum absolute atomic E-state index is 0.0228. The Morgan fingerprint density at radius 3 is 3.00 bits per heavy atom. The number of carbonyl (C=O) groups excluding carboxylic acids is 1. The van der Waals surface area contributed by atoms with Crippen LogP contribution in [0.3, 0.4) is 0 Å². The molecule has 2 aromatic rings. The number of amides is 1. The molecule has 0 fully saturated rings. The highest BCUT2D eigenvalue weighted by Crippen LogP contribution is 2.36. The molecule has 5 nitrogen and oxygen atoms in total. The summed E-state index contributed by atoms with van der Waals surface area (Å²) in [6.07, 6.45) is 2.03. The van der Waals surface area contributed by atoms with Crippen LogP contribution in [0.25, 0.3) is 0 Å². The predicted octanol–water partition coefficient (Wildman–Crippen LogP) is 3.07. The van der Waals surface area contributed by atoms with E-state index in [0.717, 1.165) is 16.3 Å². The van der Waals surface area contributed by atoms with E-state index in [4.69, 9.17) is 10.5 Å². The minimum atomic E-state index is -0.164. The molecule has 0 bridgehead atoms.